The van der Waals surface area contributed by atoms with Crippen molar-refractivity contribution >= 4 is 15.9 Å². The maximum atomic E-state index is 10.3. The van der Waals surface area contributed by atoms with Crippen molar-refractivity contribution in [2.45, 2.75) is 6.10 Å². The van der Waals surface area contributed by atoms with Crippen LogP contribution in [0, 0.1) is 0 Å². The summed E-state index contributed by atoms with van der Waals surface area (Å²) in [7, 11) is 1.60. The van der Waals surface area contributed by atoms with Gasteiger partial charge in [-0.15, -0.1) is 0 Å². The highest BCUT2D eigenvalue weighted by atomic mass is 79.9. The third-order valence-electron chi connectivity index (χ3n) is 2.60. The number of methoxy groups -OCH3 is 1. The molecule has 2 aromatic rings. The van der Waals surface area contributed by atoms with Crippen molar-refractivity contribution in [1.29, 1.82) is 0 Å². The second-order valence-electron chi connectivity index (χ2n) is 3.70. The molecule has 17 heavy (non-hydrogen) atoms. The quantitative estimate of drug-likeness (QED) is 0.938. The van der Waals surface area contributed by atoms with E-state index >= 15 is 0 Å². The Morgan fingerprint density at radius 1 is 1.12 bits per heavy atom. The molecule has 0 fully saturated rings. The van der Waals surface area contributed by atoms with E-state index in [1.807, 2.05) is 48.5 Å². The van der Waals surface area contributed by atoms with Crippen LogP contribution >= 0.6 is 15.9 Å². The van der Waals surface area contributed by atoms with E-state index in [2.05, 4.69) is 15.9 Å². The average Bonchev–Trinajstić information content (AvgIpc) is 2.39. The van der Waals surface area contributed by atoms with Crippen LogP contribution < -0.4 is 4.74 Å². The highest BCUT2D eigenvalue weighted by molar-refractivity contribution is 9.10. The Hall–Kier alpha value is -1.32. The lowest BCUT2D eigenvalue weighted by atomic mass is 10.0. The fourth-order valence-corrected chi connectivity index (χ4v) is 2.11. The van der Waals surface area contributed by atoms with E-state index in [1.165, 1.54) is 0 Å². The Morgan fingerprint density at radius 2 is 1.82 bits per heavy atom. The van der Waals surface area contributed by atoms with Crippen LogP contribution in [0.3, 0.4) is 0 Å². The monoisotopic (exact) mass is 292 g/mol. The summed E-state index contributed by atoms with van der Waals surface area (Å²) in [6.07, 6.45) is -0.677. The Labute approximate surface area is 109 Å². The lowest BCUT2D eigenvalue weighted by Crippen LogP contribution is -2.02. The van der Waals surface area contributed by atoms with E-state index in [0.29, 0.717) is 5.75 Å². The maximum absolute atomic E-state index is 10.3. The van der Waals surface area contributed by atoms with Gasteiger partial charge in [0.2, 0.25) is 0 Å². The summed E-state index contributed by atoms with van der Waals surface area (Å²) in [5.41, 5.74) is 1.61. The van der Waals surface area contributed by atoms with Gasteiger partial charge in [0.25, 0.3) is 0 Å². The number of benzene rings is 2. The lowest BCUT2D eigenvalue weighted by molar-refractivity contribution is 0.214. The van der Waals surface area contributed by atoms with Gasteiger partial charge in [0.05, 0.1) is 7.11 Å². The smallest absolute Gasteiger partial charge is 0.125 e. The van der Waals surface area contributed by atoms with Gasteiger partial charge >= 0.3 is 0 Å². The second-order valence-corrected chi connectivity index (χ2v) is 4.62. The topological polar surface area (TPSA) is 29.5 Å². The Bertz CT molecular complexity index is 497. The zero-order valence-electron chi connectivity index (χ0n) is 9.43. The molecule has 0 amide bonds. The predicted molar refractivity (Wildman–Crippen MR) is 71.2 cm³/mol. The number of rotatable bonds is 3. The fourth-order valence-electron chi connectivity index (χ4n) is 1.73. The fraction of sp³-hybridized carbons (Fsp3) is 0.143. The van der Waals surface area contributed by atoms with Crippen LogP contribution in [0.15, 0.2) is 53.0 Å². The van der Waals surface area contributed by atoms with Crippen LogP contribution in [-0.2, 0) is 0 Å². The molecule has 0 saturated carbocycles. The van der Waals surface area contributed by atoms with Crippen LogP contribution in [0.1, 0.15) is 17.2 Å². The molecular weight excluding hydrogens is 280 g/mol. The highest BCUT2D eigenvalue weighted by Crippen LogP contribution is 2.32. The minimum Gasteiger partial charge on any atom is -0.496 e. The molecule has 2 aromatic carbocycles. The third-order valence-corrected chi connectivity index (χ3v) is 3.09. The standard InChI is InChI=1S/C14H13BrO2/c1-17-13-8-7-11(15)9-12(13)14(16)10-5-3-2-4-6-10/h2-9,14,16H,1H3. The van der Waals surface area contributed by atoms with Crippen molar-refractivity contribution in [3.63, 3.8) is 0 Å². The van der Waals surface area contributed by atoms with Crippen molar-refractivity contribution < 1.29 is 9.84 Å². The minimum atomic E-state index is -0.677. The lowest BCUT2D eigenvalue weighted by Gasteiger charge is -2.15. The van der Waals surface area contributed by atoms with E-state index in [-0.39, 0.29) is 0 Å². The third kappa shape index (κ3) is 2.68. The summed E-state index contributed by atoms with van der Waals surface area (Å²) in [6, 6.07) is 15.1. The zero-order valence-corrected chi connectivity index (χ0v) is 11.0. The van der Waals surface area contributed by atoms with E-state index in [0.717, 1.165) is 15.6 Å². The molecule has 0 radical (unpaired) electrons. The van der Waals surface area contributed by atoms with E-state index in [4.69, 9.17) is 4.74 Å². The van der Waals surface area contributed by atoms with E-state index in [9.17, 15) is 5.11 Å². The Kier molecular flexibility index (Phi) is 3.82. The van der Waals surface area contributed by atoms with Gasteiger partial charge in [-0.3, -0.25) is 0 Å². The van der Waals surface area contributed by atoms with Crippen molar-refractivity contribution in [3.8, 4) is 5.75 Å². The number of aliphatic hydroxyl groups is 1. The largest absolute Gasteiger partial charge is 0.496 e. The maximum Gasteiger partial charge on any atom is 0.125 e. The summed E-state index contributed by atoms with van der Waals surface area (Å²) < 4.78 is 6.18. The van der Waals surface area contributed by atoms with Gasteiger partial charge in [-0.2, -0.15) is 0 Å². The number of aliphatic hydroxyl groups excluding tert-OH is 1. The summed E-state index contributed by atoms with van der Waals surface area (Å²) in [5, 5.41) is 10.3. The molecule has 0 aliphatic carbocycles. The first kappa shape index (κ1) is 12.1. The van der Waals surface area contributed by atoms with Crippen molar-refractivity contribution in [2.75, 3.05) is 7.11 Å². The summed E-state index contributed by atoms with van der Waals surface area (Å²) in [4.78, 5) is 0. The van der Waals surface area contributed by atoms with Crippen LogP contribution in [-0.4, -0.2) is 12.2 Å². The van der Waals surface area contributed by atoms with Crippen molar-refractivity contribution in [2.24, 2.45) is 0 Å². The minimum absolute atomic E-state index is 0.677. The molecule has 0 aliphatic heterocycles. The normalized spacial score (nSPS) is 12.2. The molecule has 0 heterocycles. The first-order chi connectivity index (χ1) is 8.22. The second kappa shape index (κ2) is 5.34. The molecule has 3 heteroatoms. The van der Waals surface area contributed by atoms with E-state index < -0.39 is 6.10 Å². The number of hydrogen-bond acceptors (Lipinski definition) is 2. The van der Waals surface area contributed by atoms with Crippen molar-refractivity contribution in [1.82, 2.24) is 0 Å². The van der Waals surface area contributed by atoms with Crippen LogP contribution in [0.4, 0.5) is 0 Å². The first-order valence-electron chi connectivity index (χ1n) is 5.29. The van der Waals surface area contributed by atoms with Crippen LogP contribution in [0.2, 0.25) is 0 Å². The molecular formula is C14H13BrO2. The molecule has 1 N–H and O–H groups in total. The average molecular weight is 293 g/mol. The molecule has 0 spiro atoms. The SMILES string of the molecule is COc1ccc(Br)cc1C(O)c1ccccc1. The number of hydrogen-bond donors (Lipinski definition) is 1. The first-order valence-corrected chi connectivity index (χ1v) is 6.08. The predicted octanol–water partition coefficient (Wildman–Crippen LogP) is 3.54. The van der Waals surface area contributed by atoms with Crippen LogP contribution in [0.5, 0.6) is 5.75 Å². The zero-order chi connectivity index (χ0) is 12.3. The van der Waals surface area contributed by atoms with Crippen molar-refractivity contribution in [3.05, 3.63) is 64.1 Å². The molecule has 2 rings (SSSR count). The molecule has 0 saturated heterocycles. The van der Waals surface area contributed by atoms with Gasteiger partial charge in [-0.25, -0.2) is 0 Å². The Morgan fingerprint density at radius 3 is 2.47 bits per heavy atom. The van der Waals surface area contributed by atoms with Gasteiger partial charge in [0.1, 0.15) is 11.9 Å². The van der Waals surface area contributed by atoms with Crippen LogP contribution in [0.25, 0.3) is 0 Å². The van der Waals surface area contributed by atoms with Gasteiger partial charge in [-0.1, -0.05) is 46.3 Å². The van der Waals surface area contributed by atoms with Gasteiger partial charge < -0.3 is 9.84 Å². The van der Waals surface area contributed by atoms with E-state index in [1.54, 1.807) is 7.11 Å². The molecule has 88 valence electrons. The van der Waals surface area contributed by atoms with Gasteiger partial charge in [0, 0.05) is 10.0 Å². The highest BCUT2D eigenvalue weighted by Gasteiger charge is 2.15. The summed E-state index contributed by atoms with van der Waals surface area (Å²) >= 11 is 3.40. The molecule has 1 unspecified atom stereocenters. The molecule has 2 nitrogen and oxygen atoms in total. The van der Waals surface area contributed by atoms with Gasteiger partial charge in [-0.05, 0) is 23.8 Å². The molecule has 0 bridgehead atoms. The summed E-state index contributed by atoms with van der Waals surface area (Å²) in [5.74, 6) is 0.685. The molecule has 0 aromatic heterocycles. The summed E-state index contributed by atoms with van der Waals surface area (Å²) in [6.45, 7) is 0. The number of halogens is 1. The molecule has 1 atom stereocenters. The number of ether oxygens (including phenoxy) is 1. The molecule has 0 aliphatic rings. The van der Waals surface area contributed by atoms with Gasteiger partial charge in [0.15, 0.2) is 0 Å². The Balaban J connectivity index is 2.43.